The van der Waals surface area contributed by atoms with Gasteiger partial charge in [-0.05, 0) is 37.6 Å². The van der Waals surface area contributed by atoms with Crippen molar-refractivity contribution in [3.63, 3.8) is 0 Å². The van der Waals surface area contributed by atoms with Crippen molar-refractivity contribution in [1.82, 2.24) is 5.32 Å². The van der Waals surface area contributed by atoms with Crippen molar-refractivity contribution in [3.05, 3.63) is 23.8 Å². The fourth-order valence-electron chi connectivity index (χ4n) is 2.55. The topological polar surface area (TPSA) is 39.7 Å². The molecule has 4 heteroatoms. The molecule has 1 N–H and O–H groups in total. The van der Waals surface area contributed by atoms with Crippen LogP contribution in [-0.2, 0) is 4.74 Å². The largest absolute Gasteiger partial charge is 0.486 e. The first-order chi connectivity index (χ1) is 8.86. The highest BCUT2D eigenvalue weighted by Crippen LogP contribution is 2.36. The first-order valence-electron chi connectivity index (χ1n) is 6.55. The predicted molar refractivity (Wildman–Crippen MR) is 68.2 cm³/mol. The number of fused-ring (bicyclic) bond motifs is 1. The third kappa shape index (κ3) is 2.31. The van der Waals surface area contributed by atoms with Crippen molar-refractivity contribution in [3.8, 4) is 11.5 Å². The molecule has 2 atom stereocenters. The number of rotatable bonds is 2. The summed E-state index contributed by atoms with van der Waals surface area (Å²) in [6.07, 6.45) is 2.25. The second kappa shape index (κ2) is 5.16. The second-order valence-electron chi connectivity index (χ2n) is 4.77. The molecule has 1 aromatic carbocycles. The molecule has 18 heavy (non-hydrogen) atoms. The van der Waals surface area contributed by atoms with E-state index in [0.29, 0.717) is 19.3 Å². The van der Waals surface area contributed by atoms with E-state index < -0.39 is 0 Å². The maximum atomic E-state index is 5.85. The van der Waals surface area contributed by atoms with Crippen molar-refractivity contribution in [1.29, 1.82) is 0 Å². The van der Waals surface area contributed by atoms with Crippen molar-refractivity contribution in [2.75, 3.05) is 26.9 Å². The van der Waals surface area contributed by atoms with E-state index in [1.165, 1.54) is 5.56 Å². The number of nitrogens with one attached hydrogen (secondary N) is 1. The summed E-state index contributed by atoms with van der Waals surface area (Å²) in [5, 5.41) is 3.33. The van der Waals surface area contributed by atoms with Crippen LogP contribution in [0.5, 0.6) is 11.5 Å². The molecule has 1 saturated heterocycles. The molecule has 0 aliphatic carbocycles. The lowest BCUT2D eigenvalue weighted by atomic mass is 9.97. The van der Waals surface area contributed by atoms with Crippen LogP contribution in [0, 0.1) is 0 Å². The molecule has 4 nitrogen and oxygen atoms in total. The first kappa shape index (κ1) is 11.8. The highest BCUT2D eigenvalue weighted by atomic mass is 16.6. The molecule has 0 radical (unpaired) electrons. The van der Waals surface area contributed by atoms with Crippen LogP contribution in [0.1, 0.15) is 24.5 Å². The van der Waals surface area contributed by atoms with Gasteiger partial charge in [-0.2, -0.15) is 0 Å². The highest BCUT2D eigenvalue weighted by Gasteiger charge is 2.24. The summed E-state index contributed by atoms with van der Waals surface area (Å²) >= 11 is 0. The van der Waals surface area contributed by atoms with Crippen LogP contribution in [-0.4, -0.2) is 32.9 Å². The molecule has 1 aromatic rings. The number of ether oxygens (including phenoxy) is 3. The minimum Gasteiger partial charge on any atom is -0.486 e. The zero-order chi connectivity index (χ0) is 12.4. The van der Waals surface area contributed by atoms with E-state index in [4.69, 9.17) is 14.2 Å². The third-order valence-electron chi connectivity index (χ3n) is 3.63. The normalized spacial score (nSPS) is 26.9. The minimum absolute atomic E-state index is 0.159. The Bertz CT molecular complexity index is 422. The quantitative estimate of drug-likeness (QED) is 0.869. The molecule has 0 aromatic heterocycles. The van der Waals surface area contributed by atoms with E-state index in [0.717, 1.165) is 30.9 Å². The van der Waals surface area contributed by atoms with Crippen LogP contribution in [0.25, 0.3) is 0 Å². The van der Waals surface area contributed by atoms with Crippen LogP contribution in [0.15, 0.2) is 18.2 Å². The fourth-order valence-corrected chi connectivity index (χ4v) is 2.55. The van der Waals surface area contributed by atoms with Gasteiger partial charge in [-0.15, -0.1) is 0 Å². The average molecular weight is 249 g/mol. The second-order valence-corrected chi connectivity index (χ2v) is 4.77. The lowest BCUT2D eigenvalue weighted by Gasteiger charge is -2.30. The van der Waals surface area contributed by atoms with E-state index in [9.17, 15) is 0 Å². The lowest BCUT2D eigenvalue weighted by Crippen LogP contribution is -2.33. The van der Waals surface area contributed by atoms with Crippen molar-refractivity contribution < 1.29 is 14.2 Å². The Kier molecular flexibility index (Phi) is 3.39. The summed E-state index contributed by atoms with van der Waals surface area (Å²) < 4.78 is 17.0. The molecule has 2 heterocycles. The number of hydrogen-bond acceptors (Lipinski definition) is 4. The lowest BCUT2D eigenvalue weighted by molar-refractivity contribution is 0.00129. The van der Waals surface area contributed by atoms with E-state index in [-0.39, 0.29) is 6.10 Å². The fraction of sp³-hybridized carbons (Fsp3) is 0.571. The van der Waals surface area contributed by atoms with E-state index in [1.807, 2.05) is 13.1 Å². The Morgan fingerprint density at radius 2 is 1.94 bits per heavy atom. The van der Waals surface area contributed by atoms with Gasteiger partial charge >= 0.3 is 0 Å². The molecule has 0 amide bonds. The predicted octanol–water partition coefficient (Wildman–Crippen LogP) is 1.90. The van der Waals surface area contributed by atoms with Crippen molar-refractivity contribution in [2.24, 2.45) is 0 Å². The summed E-state index contributed by atoms with van der Waals surface area (Å²) in [5.74, 6) is 1.68. The van der Waals surface area contributed by atoms with Gasteiger partial charge in [0, 0.05) is 12.6 Å². The first-order valence-corrected chi connectivity index (χ1v) is 6.55. The number of hydrogen-bond donors (Lipinski definition) is 1. The molecule has 2 unspecified atom stereocenters. The molecule has 0 saturated carbocycles. The zero-order valence-corrected chi connectivity index (χ0v) is 10.6. The average Bonchev–Trinajstić information content (AvgIpc) is 2.47. The summed E-state index contributed by atoms with van der Waals surface area (Å²) in [4.78, 5) is 0. The van der Waals surface area contributed by atoms with Gasteiger partial charge in [0.2, 0.25) is 0 Å². The monoisotopic (exact) mass is 249 g/mol. The van der Waals surface area contributed by atoms with Crippen LogP contribution >= 0.6 is 0 Å². The Labute approximate surface area is 107 Å². The molecular formula is C14H19NO3. The molecule has 3 rings (SSSR count). The molecule has 2 aliphatic rings. The van der Waals surface area contributed by atoms with Crippen LogP contribution in [0.3, 0.4) is 0 Å². The van der Waals surface area contributed by atoms with E-state index >= 15 is 0 Å². The highest BCUT2D eigenvalue weighted by molar-refractivity contribution is 5.44. The molecular weight excluding hydrogens is 230 g/mol. The zero-order valence-electron chi connectivity index (χ0n) is 10.6. The molecule has 98 valence electrons. The molecule has 0 bridgehead atoms. The van der Waals surface area contributed by atoms with Gasteiger partial charge in [0.25, 0.3) is 0 Å². The maximum absolute atomic E-state index is 5.85. The smallest absolute Gasteiger partial charge is 0.161 e. The molecule has 1 fully saturated rings. The SMILES string of the molecule is CNC1CCOC(c2ccc3c(c2)OCCO3)C1. The van der Waals surface area contributed by atoms with Gasteiger partial charge in [-0.3, -0.25) is 0 Å². The van der Waals surface area contributed by atoms with Gasteiger partial charge in [0.05, 0.1) is 6.10 Å². The Morgan fingerprint density at radius 1 is 1.11 bits per heavy atom. The van der Waals surface area contributed by atoms with Crippen LogP contribution in [0.4, 0.5) is 0 Å². The minimum atomic E-state index is 0.159. The van der Waals surface area contributed by atoms with E-state index in [1.54, 1.807) is 0 Å². The summed E-state index contributed by atoms with van der Waals surface area (Å²) in [7, 11) is 2.01. The summed E-state index contributed by atoms with van der Waals surface area (Å²) in [5.41, 5.74) is 1.18. The molecule has 0 spiro atoms. The van der Waals surface area contributed by atoms with Crippen LogP contribution < -0.4 is 14.8 Å². The Hall–Kier alpha value is -1.26. The van der Waals surface area contributed by atoms with E-state index in [2.05, 4.69) is 17.4 Å². The van der Waals surface area contributed by atoms with Crippen molar-refractivity contribution in [2.45, 2.75) is 25.0 Å². The number of benzene rings is 1. The maximum Gasteiger partial charge on any atom is 0.161 e. The van der Waals surface area contributed by atoms with Crippen molar-refractivity contribution >= 4 is 0 Å². The summed E-state index contributed by atoms with van der Waals surface area (Å²) in [6, 6.07) is 6.65. The molecule has 2 aliphatic heterocycles. The Morgan fingerprint density at radius 3 is 2.78 bits per heavy atom. The standard InChI is InChI=1S/C14H19NO3/c1-15-11-4-5-16-13(9-11)10-2-3-12-14(8-10)18-7-6-17-12/h2-3,8,11,13,15H,4-7,9H2,1H3. The van der Waals surface area contributed by atoms with Gasteiger partial charge in [-0.25, -0.2) is 0 Å². The van der Waals surface area contributed by atoms with Crippen LogP contribution in [0.2, 0.25) is 0 Å². The van der Waals surface area contributed by atoms with Gasteiger partial charge in [0.15, 0.2) is 11.5 Å². The van der Waals surface area contributed by atoms with Gasteiger partial charge in [0.1, 0.15) is 13.2 Å². The third-order valence-corrected chi connectivity index (χ3v) is 3.63. The van der Waals surface area contributed by atoms with Gasteiger partial charge in [-0.1, -0.05) is 6.07 Å². The summed E-state index contributed by atoms with van der Waals surface area (Å²) in [6.45, 7) is 2.07. The van der Waals surface area contributed by atoms with Gasteiger partial charge < -0.3 is 19.5 Å². The Balaban J connectivity index is 1.79.